The second-order valence-electron chi connectivity index (χ2n) is 5.87. The van der Waals surface area contributed by atoms with Crippen molar-refractivity contribution in [3.63, 3.8) is 0 Å². The van der Waals surface area contributed by atoms with Gasteiger partial charge < -0.3 is 10.8 Å². The highest BCUT2D eigenvalue weighted by molar-refractivity contribution is 7.12. The molecule has 0 aromatic carbocycles. The van der Waals surface area contributed by atoms with Gasteiger partial charge in [0.1, 0.15) is 0 Å². The molecule has 0 spiro atoms. The quantitative estimate of drug-likeness (QED) is 0.848. The molecule has 0 amide bonds. The highest BCUT2D eigenvalue weighted by atomic mass is 32.1. The van der Waals surface area contributed by atoms with Crippen molar-refractivity contribution in [1.29, 1.82) is 0 Å². The Kier molecular flexibility index (Phi) is 6.02. The molecule has 114 valence electrons. The Bertz CT molecular complexity index is 405. The van der Waals surface area contributed by atoms with Crippen molar-refractivity contribution in [3.05, 3.63) is 21.9 Å². The molecule has 0 bridgehead atoms. The lowest BCUT2D eigenvalue weighted by atomic mass is 9.93. The fourth-order valence-electron chi connectivity index (χ4n) is 3.30. The van der Waals surface area contributed by atoms with Crippen molar-refractivity contribution >= 4 is 11.3 Å². The summed E-state index contributed by atoms with van der Waals surface area (Å²) >= 11 is 1.87. The summed E-state index contributed by atoms with van der Waals surface area (Å²) in [7, 11) is 0. The molecule has 3 atom stereocenters. The van der Waals surface area contributed by atoms with Crippen molar-refractivity contribution in [2.75, 3.05) is 13.2 Å². The molecule has 4 heteroatoms. The second-order valence-corrected chi connectivity index (χ2v) is 7.18. The molecule has 1 aromatic rings. The summed E-state index contributed by atoms with van der Waals surface area (Å²) < 4.78 is 0. The van der Waals surface area contributed by atoms with Gasteiger partial charge >= 0.3 is 0 Å². The molecule has 1 aromatic heterocycles. The SMILES string of the molecule is CCC(N)C(c1ccc(C)s1)N1CCCCC1CCO. The molecule has 1 aliphatic rings. The van der Waals surface area contributed by atoms with Gasteiger partial charge in [-0.15, -0.1) is 11.3 Å². The van der Waals surface area contributed by atoms with Gasteiger partial charge in [0.2, 0.25) is 0 Å². The summed E-state index contributed by atoms with van der Waals surface area (Å²) in [6.45, 7) is 5.71. The number of hydrogen-bond donors (Lipinski definition) is 2. The maximum atomic E-state index is 9.33. The van der Waals surface area contributed by atoms with Crippen LogP contribution in [0.5, 0.6) is 0 Å². The Labute approximate surface area is 126 Å². The van der Waals surface area contributed by atoms with Crippen molar-refractivity contribution in [2.45, 2.75) is 64.1 Å². The van der Waals surface area contributed by atoms with Crippen LogP contribution in [0.1, 0.15) is 54.8 Å². The summed E-state index contributed by atoms with van der Waals surface area (Å²) in [6, 6.07) is 5.41. The first kappa shape index (κ1) is 16.0. The van der Waals surface area contributed by atoms with Crippen molar-refractivity contribution in [1.82, 2.24) is 4.90 Å². The van der Waals surface area contributed by atoms with E-state index in [1.54, 1.807) is 0 Å². The van der Waals surface area contributed by atoms with Crippen LogP contribution in [0.15, 0.2) is 12.1 Å². The molecule has 3 unspecified atom stereocenters. The van der Waals surface area contributed by atoms with Gasteiger partial charge in [0, 0.05) is 28.4 Å². The highest BCUT2D eigenvalue weighted by Crippen LogP contribution is 2.35. The number of aliphatic hydroxyl groups is 1. The van der Waals surface area contributed by atoms with Crippen LogP contribution in [-0.2, 0) is 0 Å². The first-order chi connectivity index (χ1) is 9.67. The Morgan fingerprint density at radius 1 is 1.45 bits per heavy atom. The fraction of sp³-hybridized carbons (Fsp3) is 0.750. The average Bonchev–Trinajstić information content (AvgIpc) is 2.87. The fourth-order valence-corrected chi connectivity index (χ4v) is 4.38. The molecule has 0 saturated carbocycles. The third kappa shape index (κ3) is 3.61. The summed E-state index contributed by atoms with van der Waals surface area (Å²) in [5.74, 6) is 0. The number of aliphatic hydroxyl groups excluding tert-OH is 1. The van der Waals surface area contributed by atoms with E-state index in [0.717, 1.165) is 19.4 Å². The Hall–Kier alpha value is -0.420. The lowest BCUT2D eigenvalue weighted by molar-refractivity contribution is 0.0635. The molecule has 2 rings (SSSR count). The van der Waals surface area contributed by atoms with Gasteiger partial charge in [0.05, 0.1) is 6.04 Å². The number of thiophene rings is 1. The van der Waals surface area contributed by atoms with Gasteiger partial charge in [-0.05, 0) is 51.3 Å². The Balaban J connectivity index is 2.24. The third-order valence-corrected chi connectivity index (χ3v) is 5.49. The van der Waals surface area contributed by atoms with E-state index >= 15 is 0 Å². The minimum Gasteiger partial charge on any atom is -0.396 e. The van der Waals surface area contributed by atoms with Crippen LogP contribution in [0.25, 0.3) is 0 Å². The number of piperidine rings is 1. The number of nitrogens with two attached hydrogens (primary N) is 1. The molecule has 1 fully saturated rings. The summed E-state index contributed by atoms with van der Waals surface area (Å²) in [5, 5.41) is 9.33. The zero-order valence-electron chi connectivity index (χ0n) is 12.7. The number of nitrogens with zero attached hydrogens (tertiary/aromatic N) is 1. The molecule has 20 heavy (non-hydrogen) atoms. The van der Waals surface area contributed by atoms with Crippen LogP contribution < -0.4 is 5.73 Å². The van der Waals surface area contributed by atoms with Crippen LogP contribution in [0.4, 0.5) is 0 Å². The van der Waals surface area contributed by atoms with Gasteiger partial charge in [0.25, 0.3) is 0 Å². The van der Waals surface area contributed by atoms with Crippen LogP contribution >= 0.6 is 11.3 Å². The number of hydrogen-bond acceptors (Lipinski definition) is 4. The molecule has 3 N–H and O–H groups in total. The summed E-state index contributed by atoms with van der Waals surface area (Å²) in [4.78, 5) is 5.31. The van der Waals surface area contributed by atoms with Crippen LogP contribution in [-0.4, -0.2) is 35.2 Å². The van der Waals surface area contributed by atoms with Crippen LogP contribution in [0.3, 0.4) is 0 Å². The molecule has 0 aliphatic carbocycles. The molecular weight excluding hydrogens is 268 g/mol. The van der Waals surface area contributed by atoms with Gasteiger partial charge in [0.15, 0.2) is 0 Å². The van der Waals surface area contributed by atoms with Gasteiger partial charge in [-0.25, -0.2) is 0 Å². The largest absolute Gasteiger partial charge is 0.396 e. The summed E-state index contributed by atoms with van der Waals surface area (Å²) in [5.41, 5.74) is 6.45. The van der Waals surface area contributed by atoms with E-state index in [4.69, 9.17) is 5.73 Å². The smallest absolute Gasteiger partial charge is 0.0595 e. The maximum absolute atomic E-state index is 9.33. The van der Waals surface area contributed by atoms with Crippen molar-refractivity contribution in [2.24, 2.45) is 5.73 Å². The zero-order valence-corrected chi connectivity index (χ0v) is 13.5. The van der Waals surface area contributed by atoms with E-state index in [2.05, 4.69) is 30.9 Å². The van der Waals surface area contributed by atoms with Crippen LogP contribution in [0, 0.1) is 6.92 Å². The van der Waals surface area contributed by atoms with E-state index < -0.39 is 0 Å². The topological polar surface area (TPSA) is 49.5 Å². The monoisotopic (exact) mass is 296 g/mol. The van der Waals surface area contributed by atoms with Crippen molar-refractivity contribution < 1.29 is 5.11 Å². The predicted molar refractivity (Wildman–Crippen MR) is 86.1 cm³/mol. The molecule has 0 radical (unpaired) electrons. The van der Waals surface area contributed by atoms with Crippen molar-refractivity contribution in [3.8, 4) is 0 Å². The number of rotatable bonds is 6. The van der Waals surface area contributed by atoms with Gasteiger partial charge in [-0.1, -0.05) is 13.3 Å². The molecular formula is C16H28N2OS. The molecule has 3 nitrogen and oxygen atoms in total. The standard InChI is InChI=1S/C16H28N2OS/c1-3-14(17)16(15-8-7-12(2)20-15)18-10-5-4-6-13(18)9-11-19/h7-8,13-14,16,19H,3-6,9-11,17H2,1-2H3. The number of aryl methyl sites for hydroxylation is 1. The summed E-state index contributed by atoms with van der Waals surface area (Å²) in [6.07, 6.45) is 5.58. The number of likely N-dealkylation sites (tertiary alicyclic amines) is 1. The zero-order chi connectivity index (χ0) is 14.5. The van der Waals surface area contributed by atoms with Gasteiger partial charge in [-0.2, -0.15) is 0 Å². The van der Waals surface area contributed by atoms with E-state index in [0.29, 0.717) is 12.1 Å². The maximum Gasteiger partial charge on any atom is 0.0595 e. The molecule has 2 heterocycles. The van der Waals surface area contributed by atoms with E-state index in [-0.39, 0.29) is 12.6 Å². The minimum atomic E-state index is 0.173. The van der Waals surface area contributed by atoms with E-state index in [1.165, 1.54) is 29.0 Å². The lowest BCUT2D eigenvalue weighted by Crippen LogP contribution is -2.48. The Morgan fingerprint density at radius 2 is 2.25 bits per heavy atom. The molecule has 1 aliphatic heterocycles. The Morgan fingerprint density at radius 3 is 2.85 bits per heavy atom. The van der Waals surface area contributed by atoms with Crippen LogP contribution in [0.2, 0.25) is 0 Å². The third-order valence-electron chi connectivity index (χ3n) is 4.42. The predicted octanol–water partition coefficient (Wildman–Crippen LogP) is 3.07. The highest BCUT2D eigenvalue weighted by Gasteiger charge is 2.33. The normalized spacial score (nSPS) is 23.7. The lowest BCUT2D eigenvalue weighted by Gasteiger charge is -2.43. The van der Waals surface area contributed by atoms with Gasteiger partial charge in [-0.3, -0.25) is 4.90 Å². The first-order valence-electron chi connectivity index (χ1n) is 7.85. The second kappa shape index (κ2) is 7.55. The molecule has 1 saturated heterocycles. The average molecular weight is 296 g/mol. The minimum absolute atomic E-state index is 0.173. The first-order valence-corrected chi connectivity index (χ1v) is 8.67. The van der Waals surface area contributed by atoms with E-state index in [1.807, 2.05) is 11.3 Å². The van der Waals surface area contributed by atoms with E-state index in [9.17, 15) is 5.11 Å².